The highest BCUT2D eigenvalue weighted by atomic mass is 16.5. The van der Waals surface area contributed by atoms with Crippen molar-refractivity contribution in [2.45, 2.75) is 45.8 Å². The first-order valence-corrected chi connectivity index (χ1v) is 12.8. The summed E-state index contributed by atoms with van der Waals surface area (Å²) in [6.07, 6.45) is 7.94. The van der Waals surface area contributed by atoms with Gasteiger partial charge >= 0.3 is 0 Å². The summed E-state index contributed by atoms with van der Waals surface area (Å²) in [5.74, 6) is 0.929. The van der Waals surface area contributed by atoms with Gasteiger partial charge in [0, 0.05) is 23.7 Å². The minimum Gasteiger partial charge on any atom is -0.489 e. The Kier molecular flexibility index (Phi) is 9.26. The van der Waals surface area contributed by atoms with E-state index in [1.54, 1.807) is 0 Å². The van der Waals surface area contributed by atoms with Crippen LogP contribution in [0, 0.1) is 0 Å². The lowest BCUT2D eigenvalue weighted by Gasteiger charge is -2.12. The van der Waals surface area contributed by atoms with E-state index in [1.807, 2.05) is 42.5 Å². The number of hydrogen-bond acceptors (Lipinski definition) is 2. The second kappa shape index (κ2) is 13.2. The first kappa shape index (κ1) is 25.2. The van der Waals surface area contributed by atoms with Crippen LogP contribution in [0.15, 0.2) is 103 Å². The third kappa shape index (κ3) is 7.54. The van der Waals surface area contributed by atoms with E-state index in [9.17, 15) is 4.79 Å². The molecule has 1 aromatic heterocycles. The molecule has 4 nitrogen and oxygen atoms in total. The maximum absolute atomic E-state index is 12.5. The van der Waals surface area contributed by atoms with Crippen LogP contribution in [0.25, 0.3) is 0 Å². The smallest absolute Gasteiger partial charge is 0.251 e. The molecule has 4 aromatic rings. The Morgan fingerprint density at radius 1 is 0.778 bits per heavy atom. The quantitative estimate of drug-likeness (QED) is 0.264. The first-order chi connectivity index (χ1) is 17.7. The summed E-state index contributed by atoms with van der Waals surface area (Å²) in [7, 11) is 0. The van der Waals surface area contributed by atoms with Gasteiger partial charge in [-0.1, -0.05) is 60.7 Å². The molecule has 4 rings (SSSR count). The van der Waals surface area contributed by atoms with Crippen LogP contribution >= 0.6 is 0 Å². The first-order valence-electron chi connectivity index (χ1n) is 12.8. The average molecular weight is 480 g/mol. The van der Waals surface area contributed by atoms with Crippen molar-refractivity contribution in [1.82, 2.24) is 5.32 Å². The summed E-state index contributed by atoms with van der Waals surface area (Å²) in [5, 5.41) is 3.04. The molecule has 0 saturated carbocycles. The number of amides is 1. The van der Waals surface area contributed by atoms with Crippen molar-refractivity contribution >= 4 is 5.91 Å². The number of aromatic nitrogens is 1. The SMILES string of the molecule is CC[n+]1cccc(CCNC(=O)c2ccc(CCCc3ccccc3OCc3ccccc3)cc2)c1. The second-order valence-corrected chi connectivity index (χ2v) is 8.98. The van der Waals surface area contributed by atoms with E-state index in [-0.39, 0.29) is 5.91 Å². The Balaban J connectivity index is 1.22. The molecule has 0 aliphatic carbocycles. The van der Waals surface area contributed by atoms with Gasteiger partial charge in [-0.3, -0.25) is 4.79 Å². The number of para-hydroxylation sites is 1. The Morgan fingerprint density at radius 2 is 1.53 bits per heavy atom. The van der Waals surface area contributed by atoms with Gasteiger partial charge in [-0.15, -0.1) is 0 Å². The predicted molar refractivity (Wildman–Crippen MR) is 144 cm³/mol. The van der Waals surface area contributed by atoms with E-state index >= 15 is 0 Å². The molecule has 184 valence electrons. The third-order valence-electron chi connectivity index (χ3n) is 6.32. The van der Waals surface area contributed by atoms with E-state index in [2.05, 4.69) is 77.7 Å². The van der Waals surface area contributed by atoms with Crippen LogP contribution in [-0.4, -0.2) is 12.5 Å². The summed E-state index contributed by atoms with van der Waals surface area (Å²) in [5.41, 5.74) is 5.56. The lowest BCUT2D eigenvalue weighted by molar-refractivity contribution is -0.694. The predicted octanol–water partition coefficient (Wildman–Crippen LogP) is 5.72. The molecule has 0 unspecified atom stereocenters. The Hall–Kier alpha value is -3.92. The van der Waals surface area contributed by atoms with Crippen LogP contribution in [0.1, 0.15) is 46.0 Å². The molecule has 1 heterocycles. The molecular formula is C32H35N2O2+. The third-order valence-corrected chi connectivity index (χ3v) is 6.32. The van der Waals surface area contributed by atoms with Crippen molar-refractivity contribution in [2.24, 2.45) is 0 Å². The summed E-state index contributed by atoms with van der Waals surface area (Å²) >= 11 is 0. The number of pyridine rings is 1. The zero-order valence-corrected chi connectivity index (χ0v) is 21.0. The van der Waals surface area contributed by atoms with Crippen molar-refractivity contribution in [3.05, 3.63) is 131 Å². The van der Waals surface area contributed by atoms with Crippen molar-refractivity contribution in [1.29, 1.82) is 0 Å². The largest absolute Gasteiger partial charge is 0.489 e. The van der Waals surface area contributed by atoms with Gasteiger partial charge in [-0.25, -0.2) is 4.57 Å². The molecule has 1 N–H and O–H groups in total. The molecule has 1 amide bonds. The number of rotatable bonds is 12. The van der Waals surface area contributed by atoms with Crippen molar-refractivity contribution in [3.8, 4) is 5.75 Å². The summed E-state index contributed by atoms with van der Waals surface area (Å²) in [4.78, 5) is 12.5. The summed E-state index contributed by atoms with van der Waals surface area (Å²) < 4.78 is 8.24. The Labute approximate surface area is 214 Å². The fourth-order valence-electron chi connectivity index (χ4n) is 4.24. The molecular weight excluding hydrogens is 444 g/mol. The van der Waals surface area contributed by atoms with Gasteiger partial charge in [-0.2, -0.15) is 0 Å². The molecule has 0 spiro atoms. The van der Waals surface area contributed by atoms with Gasteiger partial charge in [0.1, 0.15) is 18.9 Å². The Morgan fingerprint density at radius 3 is 2.33 bits per heavy atom. The lowest BCUT2D eigenvalue weighted by Crippen LogP contribution is -2.32. The number of hydrogen-bond donors (Lipinski definition) is 1. The van der Waals surface area contributed by atoms with Gasteiger partial charge in [0.2, 0.25) is 0 Å². The maximum atomic E-state index is 12.5. The molecule has 0 fully saturated rings. The molecule has 0 bridgehead atoms. The average Bonchev–Trinajstić information content (AvgIpc) is 2.93. The minimum atomic E-state index is -0.0228. The number of ether oxygens (including phenoxy) is 1. The van der Waals surface area contributed by atoms with Gasteiger partial charge in [-0.05, 0) is 73.6 Å². The molecule has 3 aromatic carbocycles. The number of nitrogens with zero attached hydrogens (tertiary/aromatic N) is 1. The molecule has 0 atom stereocenters. The molecule has 0 saturated heterocycles. The highest BCUT2D eigenvalue weighted by Crippen LogP contribution is 2.22. The van der Waals surface area contributed by atoms with Gasteiger partial charge < -0.3 is 10.1 Å². The topological polar surface area (TPSA) is 42.2 Å². The van der Waals surface area contributed by atoms with Crippen LogP contribution in [0.3, 0.4) is 0 Å². The van der Waals surface area contributed by atoms with Gasteiger partial charge in [0.05, 0.1) is 0 Å². The van der Waals surface area contributed by atoms with Crippen molar-refractivity contribution < 1.29 is 14.1 Å². The number of carbonyl (C=O) groups excluding carboxylic acids is 1. The molecule has 4 heteroatoms. The van der Waals surface area contributed by atoms with Gasteiger partial charge in [0.25, 0.3) is 5.91 Å². The van der Waals surface area contributed by atoms with E-state index in [0.717, 1.165) is 38.0 Å². The number of aryl methyl sites for hydroxylation is 3. The monoisotopic (exact) mass is 479 g/mol. The summed E-state index contributed by atoms with van der Waals surface area (Å²) in [6, 6.07) is 30.7. The van der Waals surface area contributed by atoms with E-state index in [1.165, 1.54) is 22.3 Å². The zero-order valence-electron chi connectivity index (χ0n) is 21.0. The Bertz CT molecular complexity index is 1240. The fraction of sp³-hybridized carbons (Fsp3) is 0.250. The van der Waals surface area contributed by atoms with E-state index < -0.39 is 0 Å². The normalized spacial score (nSPS) is 10.7. The number of carbonyl (C=O) groups is 1. The van der Waals surface area contributed by atoms with E-state index in [4.69, 9.17) is 4.74 Å². The molecule has 0 aliphatic rings. The highest BCUT2D eigenvalue weighted by Gasteiger charge is 2.08. The number of nitrogens with one attached hydrogen (secondary N) is 1. The van der Waals surface area contributed by atoms with Crippen LogP contribution in [0.4, 0.5) is 0 Å². The fourth-order valence-corrected chi connectivity index (χ4v) is 4.24. The highest BCUT2D eigenvalue weighted by molar-refractivity contribution is 5.94. The van der Waals surface area contributed by atoms with Crippen LogP contribution in [0.5, 0.6) is 5.75 Å². The standard InChI is InChI=1S/C32H34N2O2/c1-2-34-23-9-13-27(24-34)21-22-33-32(35)30-19-17-26(18-20-30)12-8-15-29-14-6-7-16-31(29)36-25-28-10-4-3-5-11-28/h3-7,9-11,13-14,16-20,23-24H,2,8,12,15,21-22,25H2,1H3/p+1. The zero-order chi connectivity index (χ0) is 25.0. The van der Waals surface area contributed by atoms with Gasteiger partial charge in [0.15, 0.2) is 12.4 Å². The van der Waals surface area contributed by atoms with Crippen molar-refractivity contribution in [2.75, 3.05) is 6.54 Å². The van der Waals surface area contributed by atoms with Crippen LogP contribution in [0.2, 0.25) is 0 Å². The molecule has 0 radical (unpaired) electrons. The van der Waals surface area contributed by atoms with Crippen molar-refractivity contribution in [3.63, 3.8) is 0 Å². The second-order valence-electron chi connectivity index (χ2n) is 8.98. The summed E-state index contributed by atoms with van der Waals surface area (Å²) in [6.45, 7) is 4.27. The van der Waals surface area contributed by atoms with Crippen LogP contribution < -0.4 is 14.6 Å². The maximum Gasteiger partial charge on any atom is 0.251 e. The number of benzene rings is 3. The molecule has 0 aliphatic heterocycles. The minimum absolute atomic E-state index is 0.0228. The van der Waals surface area contributed by atoms with E-state index in [0.29, 0.717) is 18.7 Å². The molecule has 36 heavy (non-hydrogen) atoms. The lowest BCUT2D eigenvalue weighted by atomic mass is 10.0. The van der Waals surface area contributed by atoms with Crippen LogP contribution in [-0.2, 0) is 32.4 Å².